The standard InChI is InChI=1S/C24H34O5S.K/c1-2-3-4-5-6-7-8-9-10-11-12-20-13-18-23(24(19-20)30(26,27)28)29-22-16-14-21(25)15-17-22;/h13-19,25H,2-12H2,1H3,(H,26,27,28);/q;+1/p-1. The van der Waals surface area contributed by atoms with Crippen molar-refractivity contribution in [2.75, 3.05) is 0 Å². The zero-order chi connectivity index (χ0) is 21.8. The van der Waals surface area contributed by atoms with Gasteiger partial charge >= 0.3 is 51.4 Å². The van der Waals surface area contributed by atoms with Crippen molar-refractivity contribution in [3.63, 3.8) is 0 Å². The third kappa shape index (κ3) is 11.3. The molecular formula is C24H33KO5S. The van der Waals surface area contributed by atoms with Crippen LogP contribution in [0.5, 0.6) is 17.2 Å². The summed E-state index contributed by atoms with van der Waals surface area (Å²) in [4.78, 5) is -0.252. The first-order chi connectivity index (χ1) is 14.4. The van der Waals surface area contributed by atoms with Crippen LogP contribution in [0.2, 0.25) is 0 Å². The summed E-state index contributed by atoms with van der Waals surface area (Å²) in [7, 11) is -4.42. The van der Waals surface area contributed by atoms with Gasteiger partial charge < -0.3 is 9.84 Å². The van der Waals surface area contributed by atoms with Crippen molar-refractivity contribution in [2.45, 2.75) is 82.4 Å². The Kier molecular flexibility index (Phi) is 14.2. The average molecular weight is 473 g/mol. The van der Waals surface area contributed by atoms with Gasteiger partial charge in [-0.05, 0) is 42.7 Å². The summed E-state index contributed by atoms with van der Waals surface area (Å²) in [5.74, 6) is 0.217. The molecular weight excluding hydrogens is 439 g/mol. The summed E-state index contributed by atoms with van der Waals surface area (Å²) in [5, 5.41) is 11.2. The maximum atomic E-state index is 11.8. The third-order valence-corrected chi connectivity index (χ3v) is 6.03. The van der Waals surface area contributed by atoms with Gasteiger partial charge in [0.05, 0.1) is 0 Å². The van der Waals surface area contributed by atoms with E-state index in [4.69, 9.17) is 4.74 Å². The van der Waals surface area contributed by atoms with Gasteiger partial charge in [0, 0.05) is 0 Å². The van der Waals surface area contributed by atoms with E-state index in [9.17, 15) is 18.1 Å². The Hall–Kier alpha value is -0.414. The summed E-state index contributed by atoms with van der Waals surface area (Å²) in [6, 6.07) is 10.5. The molecule has 5 nitrogen and oxygen atoms in total. The summed E-state index contributed by atoms with van der Waals surface area (Å²) in [6.45, 7) is 2.23. The number of hydrogen-bond donors (Lipinski definition) is 1. The van der Waals surface area contributed by atoms with Gasteiger partial charge in [0.1, 0.15) is 16.4 Å². The fourth-order valence-electron chi connectivity index (χ4n) is 3.45. The zero-order valence-electron chi connectivity index (χ0n) is 18.8. The fraction of sp³-hybridized carbons (Fsp3) is 0.500. The molecule has 7 heteroatoms. The predicted molar refractivity (Wildman–Crippen MR) is 118 cm³/mol. The second kappa shape index (κ2) is 15.4. The van der Waals surface area contributed by atoms with Crippen molar-refractivity contribution in [1.29, 1.82) is 0 Å². The smallest absolute Gasteiger partial charge is 0.872 e. The average Bonchev–Trinajstić information content (AvgIpc) is 2.71. The van der Waals surface area contributed by atoms with Crippen LogP contribution in [0.3, 0.4) is 0 Å². The number of benzene rings is 2. The molecule has 0 bridgehead atoms. The van der Waals surface area contributed by atoms with Crippen molar-refractivity contribution < 1.29 is 74.2 Å². The van der Waals surface area contributed by atoms with Crippen LogP contribution in [0, 0.1) is 0 Å². The molecule has 0 saturated heterocycles. The monoisotopic (exact) mass is 472 g/mol. The molecule has 0 amide bonds. The fourth-order valence-corrected chi connectivity index (χ4v) is 4.11. The van der Waals surface area contributed by atoms with Crippen LogP contribution in [0.4, 0.5) is 0 Å². The molecule has 1 N–H and O–H groups in total. The van der Waals surface area contributed by atoms with E-state index >= 15 is 0 Å². The molecule has 2 rings (SSSR count). The van der Waals surface area contributed by atoms with Gasteiger partial charge in [-0.2, -0.15) is 8.42 Å². The topological polar surface area (TPSA) is 86.7 Å². The quantitative estimate of drug-likeness (QED) is 0.259. The molecule has 2 aromatic carbocycles. The summed E-state index contributed by atoms with van der Waals surface area (Å²) < 4.78 is 38.8. The van der Waals surface area contributed by atoms with Gasteiger partial charge in [-0.25, -0.2) is 0 Å². The molecule has 0 spiro atoms. The molecule has 0 aliphatic rings. The minimum Gasteiger partial charge on any atom is -0.872 e. The first kappa shape index (κ1) is 28.6. The van der Waals surface area contributed by atoms with E-state index in [1.54, 1.807) is 6.07 Å². The molecule has 0 radical (unpaired) electrons. The van der Waals surface area contributed by atoms with Crippen molar-refractivity contribution >= 4 is 10.1 Å². The van der Waals surface area contributed by atoms with Crippen molar-refractivity contribution in [3.05, 3.63) is 48.0 Å². The minimum absolute atomic E-state index is 0. The minimum atomic E-state index is -4.42. The van der Waals surface area contributed by atoms with E-state index in [1.165, 1.54) is 81.7 Å². The van der Waals surface area contributed by atoms with Gasteiger partial charge in [-0.15, -0.1) is 5.75 Å². The zero-order valence-corrected chi connectivity index (χ0v) is 22.7. The van der Waals surface area contributed by atoms with Gasteiger partial charge in [-0.1, -0.05) is 82.9 Å². The second-order valence-electron chi connectivity index (χ2n) is 7.76. The molecule has 0 aliphatic heterocycles. The molecule has 0 fully saturated rings. The van der Waals surface area contributed by atoms with E-state index in [0.717, 1.165) is 24.8 Å². The van der Waals surface area contributed by atoms with Gasteiger partial charge in [-0.3, -0.25) is 4.55 Å². The van der Waals surface area contributed by atoms with Crippen LogP contribution >= 0.6 is 0 Å². The van der Waals surface area contributed by atoms with Crippen LogP contribution in [-0.2, 0) is 16.5 Å². The van der Waals surface area contributed by atoms with E-state index in [2.05, 4.69) is 6.92 Å². The number of unbranched alkanes of at least 4 members (excludes halogenated alkanes) is 9. The number of hydrogen-bond acceptors (Lipinski definition) is 4. The SMILES string of the molecule is CCCCCCCCCCCCc1ccc(Oc2ccc([O-])cc2)c(S(=O)(=O)O)c1.[K+]. The maximum absolute atomic E-state index is 11.8. The van der Waals surface area contributed by atoms with Crippen molar-refractivity contribution in [3.8, 4) is 17.2 Å². The molecule has 0 aliphatic carbocycles. The Labute approximate surface area is 229 Å². The number of rotatable bonds is 14. The molecule has 166 valence electrons. The van der Waals surface area contributed by atoms with E-state index in [-0.39, 0.29) is 67.8 Å². The van der Waals surface area contributed by atoms with E-state index < -0.39 is 10.1 Å². The molecule has 0 atom stereocenters. The van der Waals surface area contributed by atoms with Gasteiger partial charge in [0.2, 0.25) is 0 Å². The Morgan fingerprint density at radius 3 is 1.94 bits per heavy atom. The maximum Gasteiger partial charge on any atom is 1.00 e. The van der Waals surface area contributed by atoms with Gasteiger partial charge in [0.15, 0.2) is 0 Å². The van der Waals surface area contributed by atoms with Crippen LogP contribution in [0.25, 0.3) is 0 Å². The Morgan fingerprint density at radius 2 is 1.39 bits per heavy atom. The van der Waals surface area contributed by atoms with Gasteiger partial charge in [0.25, 0.3) is 10.1 Å². The van der Waals surface area contributed by atoms with E-state index in [0.29, 0.717) is 5.75 Å². The predicted octanol–water partition coefficient (Wildman–Crippen LogP) is 3.27. The first-order valence-electron chi connectivity index (χ1n) is 11.0. The summed E-state index contributed by atoms with van der Waals surface area (Å²) >= 11 is 0. The number of ether oxygens (including phenoxy) is 1. The normalized spacial score (nSPS) is 11.2. The Morgan fingerprint density at radius 1 is 0.839 bits per heavy atom. The molecule has 0 saturated carbocycles. The molecule has 31 heavy (non-hydrogen) atoms. The van der Waals surface area contributed by atoms with Crippen LogP contribution in [0.1, 0.15) is 76.7 Å². The summed E-state index contributed by atoms with van der Waals surface area (Å²) in [6.07, 6.45) is 13.2. The molecule has 2 aromatic rings. The van der Waals surface area contributed by atoms with Crippen LogP contribution in [-0.4, -0.2) is 13.0 Å². The van der Waals surface area contributed by atoms with Crippen molar-refractivity contribution in [2.24, 2.45) is 0 Å². The Balaban J connectivity index is 0.00000480. The van der Waals surface area contributed by atoms with Crippen molar-refractivity contribution in [1.82, 2.24) is 0 Å². The Bertz CT molecular complexity index is 866. The summed E-state index contributed by atoms with van der Waals surface area (Å²) in [5.41, 5.74) is 0.851. The first-order valence-corrected chi connectivity index (χ1v) is 12.4. The molecule has 0 aromatic heterocycles. The second-order valence-corrected chi connectivity index (χ2v) is 9.15. The molecule has 0 unspecified atom stereocenters. The number of aryl methyl sites for hydroxylation is 1. The van der Waals surface area contributed by atoms with E-state index in [1.807, 2.05) is 6.07 Å². The largest absolute Gasteiger partial charge is 1.00 e. The van der Waals surface area contributed by atoms with Crippen LogP contribution in [0.15, 0.2) is 47.4 Å². The third-order valence-electron chi connectivity index (χ3n) is 5.16. The molecule has 0 heterocycles. The van der Waals surface area contributed by atoms with Crippen LogP contribution < -0.4 is 61.2 Å².